The Morgan fingerprint density at radius 2 is 1.65 bits per heavy atom. The molecular formula is C16H19NO3. The van der Waals surface area contributed by atoms with E-state index in [1.165, 1.54) is 0 Å². The summed E-state index contributed by atoms with van der Waals surface area (Å²) in [6.07, 6.45) is 0. The Morgan fingerprint density at radius 1 is 0.950 bits per heavy atom. The van der Waals surface area contributed by atoms with Crippen molar-refractivity contribution < 1.29 is 14.6 Å². The molecule has 0 aliphatic heterocycles. The summed E-state index contributed by atoms with van der Waals surface area (Å²) in [4.78, 5) is 0. The lowest BCUT2D eigenvalue weighted by atomic mass is 10.1. The van der Waals surface area contributed by atoms with Crippen molar-refractivity contribution in [2.45, 2.75) is 13.2 Å². The van der Waals surface area contributed by atoms with Crippen molar-refractivity contribution in [2.75, 3.05) is 19.5 Å². The maximum absolute atomic E-state index is 9.31. The van der Waals surface area contributed by atoms with E-state index in [-0.39, 0.29) is 6.61 Å². The van der Waals surface area contributed by atoms with Crippen LogP contribution in [0.4, 0.5) is 5.69 Å². The zero-order chi connectivity index (χ0) is 14.4. The van der Waals surface area contributed by atoms with Crippen LogP contribution in [-0.2, 0) is 13.2 Å². The lowest BCUT2D eigenvalue weighted by Gasteiger charge is -2.12. The second-order valence-corrected chi connectivity index (χ2v) is 4.35. The molecule has 0 saturated carbocycles. The minimum Gasteiger partial charge on any atom is -0.496 e. The molecule has 0 unspecified atom stereocenters. The number of nitrogens with one attached hydrogen (secondary N) is 1. The van der Waals surface area contributed by atoms with Gasteiger partial charge in [0.05, 0.1) is 20.8 Å². The maximum atomic E-state index is 9.31. The zero-order valence-electron chi connectivity index (χ0n) is 11.7. The van der Waals surface area contributed by atoms with Crippen LogP contribution in [0.15, 0.2) is 42.5 Å². The molecule has 0 bridgehead atoms. The first kappa shape index (κ1) is 14.2. The van der Waals surface area contributed by atoms with Crippen LogP contribution in [0.2, 0.25) is 0 Å². The summed E-state index contributed by atoms with van der Waals surface area (Å²) in [5.74, 6) is 1.55. The highest BCUT2D eigenvalue weighted by atomic mass is 16.5. The Kier molecular flexibility index (Phi) is 4.85. The molecule has 2 aromatic carbocycles. The van der Waals surface area contributed by atoms with Gasteiger partial charge in [-0.25, -0.2) is 0 Å². The summed E-state index contributed by atoms with van der Waals surface area (Å²) in [6.45, 7) is 0.606. The lowest BCUT2D eigenvalue weighted by Crippen LogP contribution is -2.02. The standard InChI is InChI=1S/C16H19NO3/c1-19-15-6-4-3-5-12(15)10-17-14-7-8-16(20-2)13(9-14)11-18/h3-9,17-18H,10-11H2,1-2H3. The van der Waals surface area contributed by atoms with Gasteiger partial charge in [0.15, 0.2) is 0 Å². The van der Waals surface area contributed by atoms with E-state index >= 15 is 0 Å². The first-order chi connectivity index (χ1) is 9.78. The summed E-state index contributed by atoms with van der Waals surface area (Å²) < 4.78 is 10.5. The van der Waals surface area contributed by atoms with Crippen LogP contribution in [0.3, 0.4) is 0 Å². The second kappa shape index (κ2) is 6.82. The molecule has 4 nitrogen and oxygen atoms in total. The number of hydrogen-bond acceptors (Lipinski definition) is 4. The summed E-state index contributed by atoms with van der Waals surface area (Å²) in [7, 11) is 3.26. The van der Waals surface area contributed by atoms with Gasteiger partial charge in [-0.2, -0.15) is 0 Å². The van der Waals surface area contributed by atoms with Gasteiger partial charge in [-0.1, -0.05) is 18.2 Å². The number of methoxy groups -OCH3 is 2. The average molecular weight is 273 g/mol. The van der Waals surface area contributed by atoms with Crippen molar-refractivity contribution in [3.05, 3.63) is 53.6 Å². The van der Waals surface area contributed by atoms with Crippen LogP contribution in [0, 0.1) is 0 Å². The van der Waals surface area contributed by atoms with Crippen molar-refractivity contribution in [2.24, 2.45) is 0 Å². The van der Waals surface area contributed by atoms with Crippen molar-refractivity contribution in [1.29, 1.82) is 0 Å². The maximum Gasteiger partial charge on any atom is 0.124 e. The molecule has 0 fully saturated rings. The molecule has 0 spiro atoms. The molecule has 0 heterocycles. The molecule has 4 heteroatoms. The number of aliphatic hydroxyl groups is 1. The second-order valence-electron chi connectivity index (χ2n) is 4.35. The molecule has 0 atom stereocenters. The minimum atomic E-state index is -0.0483. The third-order valence-electron chi connectivity index (χ3n) is 3.13. The van der Waals surface area contributed by atoms with Gasteiger partial charge in [-0.15, -0.1) is 0 Å². The van der Waals surface area contributed by atoms with E-state index in [2.05, 4.69) is 5.32 Å². The number of ether oxygens (including phenoxy) is 2. The van der Waals surface area contributed by atoms with Crippen LogP contribution in [-0.4, -0.2) is 19.3 Å². The Labute approximate surface area is 119 Å². The predicted octanol–water partition coefficient (Wildman–Crippen LogP) is 2.81. The zero-order valence-corrected chi connectivity index (χ0v) is 11.7. The Balaban J connectivity index is 2.11. The van der Waals surface area contributed by atoms with Crippen LogP contribution in [0.5, 0.6) is 11.5 Å². The molecule has 0 radical (unpaired) electrons. The number of aliphatic hydroxyl groups excluding tert-OH is 1. The Hall–Kier alpha value is -2.20. The smallest absolute Gasteiger partial charge is 0.124 e. The molecule has 0 aliphatic carbocycles. The molecule has 0 aliphatic rings. The van der Waals surface area contributed by atoms with Crippen LogP contribution in [0.1, 0.15) is 11.1 Å². The fourth-order valence-corrected chi connectivity index (χ4v) is 2.06. The molecule has 2 aromatic rings. The quantitative estimate of drug-likeness (QED) is 0.849. The third-order valence-corrected chi connectivity index (χ3v) is 3.13. The topological polar surface area (TPSA) is 50.7 Å². The van der Waals surface area contributed by atoms with Crippen molar-refractivity contribution in [3.8, 4) is 11.5 Å². The fourth-order valence-electron chi connectivity index (χ4n) is 2.06. The number of benzene rings is 2. The van der Waals surface area contributed by atoms with Gasteiger partial charge >= 0.3 is 0 Å². The molecular weight excluding hydrogens is 254 g/mol. The van der Waals surface area contributed by atoms with Gasteiger partial charge in [0.25, 0.3) is 0 Å². The largest absolute Gasteiger partial charge is 0.496 e. The first-order valence-corrected chi connectivity index (χ1v) is 6.42. The van der Waals surface area contributed by atoms with Crippen molar-refractivity contribution in [3.63, 3.8) is 0 Å². The van der Waals surface area contributed by atoms with Gasteiger partial charge in [0, 0.05) is 23.4 Å². The Morgan fingerprint density at radius 3 is 2.35 bits per heavy atom. The van der Waals surface area contributed by atoms with Gasteiger partial charge < -0.3 is 19.9 Å². The Bertz CT molecular complexity index is 569. The summed E-state index contributed by atoms with van der Waals surface area (Å²) in [5.41, 5.74) is 2.77. The predicted molar refractivity (Wildman–Crippen MR) is 79.2 cm³/mol. The van der Waals surface area contributed by atoms with E-state index in [4.69, 9.17) is 9.47 Å². The van der Waals surface area contributed by atoms with Gasteiger partial charge in [-0.3, -0.25) is 0 Å². The van der Waals surface area contributed by atoms with E-state index in [9.17, 15) is 5.11 Å². The van der Waals surface area contributed by atoms with Crippen LogP contribution in [0.25, 0.3) is 0 Å². The molecule has 106 valence electrons. The normalized spacial score (nSPS) is 10.2. The minimum absolute atomic E-state index is 0.0483. The van der Waals surface area contributed by atoms with E-state index in [0.29, 0.717) is 12.3 Å². The molecule has 20 heavy (non-hydrogen) atoms. The van der Waals surface area contributed by atoms with Crippen molar-refractivity contribution in [1.82, 2.24) is 0 Å². The summed E-state index contributed by atoms with van der Waals surface area (Å²) in [5, 5.41) is 12.6. The average Bonchev–Trinajstić information content (AvgIpc) is 2.52. The van der Waals surface area contributed by atoms with E-state index in [1.54, 1.807) is 14.2 Å². The van der Waals surface area contributed by atoms with E-state index in [1.807, 2.05) is 42.5 Å². The molecule has 2 rings (SSSR count). The first-order valence-electron chi connectivity index (χ1n) is 6.42. The highest BCUT2D eigenvalue weighted by Crippen LogP contribution is 2.24. The van der Waals surface area contributed by atoms with Gasteiger partial charge in [0.2, 0.25) is 0 Å². The lowest BCUT2D eigenvalue weighted by molar-refractivity contribution is 0.274. The van der Waals surface area contributed by atoms with Crippen molar-refractivity contribution >= 4 is 5.69 Å². The fraction of sp³-hybridized carbons (Fsp3) is 0.250. The highest BCUT2D eigenvalue weighted by Gasteiger charge is 2.05. The number of anilines is 1. The molecule has 0 amide bonds. The molecule has 0 saturated heterocycles. The summed E-state index contributed by atoms with van der Waals surface area (Å²) in [6, 6.07) is 13.5. The highest BCUT2D eigenvalue weighted by molar-refractivity contribution is 5.52. The number of rotatable bonds is 6. The SMILES string of the molecule is COc1ccc(NCc2ccccc2OC)cc1CO. The number of para-hydroxylation sites is 1. The molecule has 2 N–H and O–H groups in total. The van der Waals surface area contributed by atoms with Crippen LogP contribution < -0.4 is 14.8 Å². The van der Waals surface area contributed by atoms with Crippen LogP contribution >= 0.6 is 0 Å². The van der Waals surface area contributed by atoms with Gasteiger partial charge in [0.1, 0.15) is 11.5 Å². The van der Waals surface area contributed by atoms with E-state index in [0.717, 1.165) is 22.6 Å². The van der Waals surface area contributed by atoms with Gasteiger partial charge in [-0.05, 0) is 24.3 Å². The molecule has 0 aromatic heterocycles. The third kappa shape index (κ3) is 3.22. The summed E-state index contributed by atoms with van der Waals surface area (Å²) >= 11 is 0. The number of hydrogen-bond donors (Lipinski definition) is 2. The monoisotopic (exact) mass is 273 g/mol. The van der Waals surface area contributed by atoms with E-state index < -0.39 is 0 Å².